The monoisotopic (exact) mass is 290 g/mol. The minimum absolute atomic E-state index is 0.205. The number of amides is 2. The van der Waals surface area contributed by atoms with E-state index < -0.39 is 0 Å². The Morgan fingerprint density at radius 3 is 2.95 bits per heavy atom. The Balaban J connectivity index is 1.68. The van der Waals surface area contributed by atoms with Gasteiger partial charge in [0.2, 0.25) is 11.8 Å². The molecular weight excluding hydrogens is 272 g/mol. The molecule has 1 aromatic carbocycles. The van der Waals surface area contributed by atoms with Crippen molar-refractivity contribution in [3.05, 3.63) is 23.8 Å². The molecule has 2 N–H and O–H groups in total. The van der Waals surface area contributed by atoms with E-state index in [1.165, 1.54) is 0 Å². The van der Waals surface area contributed by atoms with E-state index in [1.54, 1.807) is 0 Å². The van der Waals surface area contributed by atoms with Gasteiger partial charge in [-0.05, 0) is 12.5 Å². The van der Waals surface area contributed by atoms with Crippen molar-refractivity contribution in [1.82, 2.24) is 10.6 Å². The summed E-state index contributed by atoms with van der Waals surface area (Å²) in [7, 11) is 0. The van der Waals surface area contributed by atoms with Gasteiger partial charge in [0, 0.05) is 24.9 Å². The fourth-order valence-electron chi connectivity index (χ4n) is 2.51. The summed E-state index contributed by atoms with van der Waals surface area (Å²) in [5.74, 6) is 1.03. The van der Waals surface area contributed by atoms with Crippen LogP contribution in [0.4, 0.5) is 0 Å². The van der Waals surface area contributed by atoms with Crippen molar-refractivity contribution in [2.24, 2.45) is 0 Å². The van der Waals surface area contributed by atoms with Gasteiger partial charge in [-0.2, -0.15) is 0 Å². The van der Waals surface area contributed by atoms with Gasteiger partial charge in [0.1, 0.15) is 0 Å². The number of hydrogen-bond acceptors (Lipinski definition) is 5. The number of rotatable bonds is 3. The number of fused-ring (bicyclic) bond motifs is 1. The molecule has 0 saturated carbocycles. The summed E-state index contributed by atoms with van der Waals surface area (Å²) in [6.45, 7) is 1.78. The van der Waals surface area contributed by atoms with Crippen molar-refractivity contribution in [1.29, 1.82) is 0 Å². The first-order valence-electron chi connectivity index (χ1n) is 7.18. The van der Waals surface area contributed by atoms with Gasteiger partial charge in [-0.15, -0.1) is 0 Å². The minimum atomic E-state index is -0.342. The lowest BCUT2D eigenvalue weighted by atomic mass is 10.1. The average Bonchev–Trinajstić information content (AvgIpc) is 2.72. The maximum absolute atomic E-state index is 11.7. The fourth-order valence-corrected chi connectivity index (χ4v) is 2.51. The Morgan fingerprint density at radius 2 is 2.10 bits per heavy atom. The van der Waals surface area contributed by atoms with E-state index in [0.717, 1.165) is 23.5 Å². The van der Waals surface area contributed by atoms with Gasteiger partial charge in [-0.1, -0.05) is 12.1 Å². The number of carbonyl (C=O) groups is 2. The summed E-state index contributed by atoms with van der Waals surface area (Å²) >= 11 is 0. The molecule has 0 radical (unpaired) electrons. The molecule has 112 valence electrons. The molecule has 1 saturated heterocycles. The van der Waals surface area contributed by atoms with Crippen LogP contribution < -0.4 is 20.1 Å². The summed E-state index contributed by atoms with van der Waals surface area (Å²) in [6, 6.07) is 5.41. The third-order valence-corrected chi connectivity index (χ3v) is 3.63. The number of imide groups is 1. The molecule has 2 heterocycles. The largest absolute Gasteiger partial charge is 0.490 e. The van der Waals surface area contributed by atoms with E-state index >= 15 is 0 Å². The van der Waals surface area contributed by atoms with Crippen LogP contribution in [0.2, 0.25) is 0 Å². The topological polar surface area (TPSA) is 76.7 Å². The van der Waals surface area contributed by atoms with Crippen LogP contribution >= 0.6 is 0 Å². The van der Waals surface area contributed by atoms with Gasteiger partial charge < -0.3 is 14.8 Å². The van der Waals surface area contributed by atoms with Crippen LogP contribution in [0.5, 0.6) is 11.5 Å². The van der Waals surface area contributed by atoms with Crippen molar-refractivity contribution < 1.29 is 19.1 Å². The molecule has 1 aromatic rings. The van der Waals surface area contributed by atoms with E-state index in [2.05, 4.69) is 10.6 Å². The van der Waals surface area contributed by atoms with Gasteiger partial charge in [0.05, 0.1) is 19.3 Å². The fraction of sp³-hybridized carbons (Fsp3) is 0.467. The second-order valence-corrected chi connectivity index (χ2v) is 5.18. The van der Waals surface area contributed by atoms with Gasteiger partial charge >= 0.3 is 0 Å². The normalized spacial score (nSPS) is 21.6. The Kier molecular flexibility index (Phi) is 4.06. The number of ether oxygens (including phenoxy) is 2. The molecule has 2 aliphatic rings. The van der Waals surface area contributed by atoms with Crippen molar-refractivity contribution in [2.75, 3.05) is 13.2 Å². The van der Waals surface area contributed by atoms with E-state index in [9.17, 15) is 9.59 Å². The van der Waals surface area contributed by atoms with Crippen LogP contribution in [0, 0.1) is 0 Å². The third-order valence-electron chi connectivity index (χ3n) is 3.63. The average molecular weight is 290 g/mol. The van der Waals surface area contributed by atoms with Crippen molar-refractivity contribution in [3.63, 3.8) is 0 Å². The molecule has 0 spiro atoms. The Hall–Kier alpha value is -2.08. The highest BCUT2D eigenvalue weighted by Crippen LogP contribution is 2.33. The third kappa shape index (κ3) is 3.16. The summed E-state index contributed by atoms with van der Waals surface area (Å²) in [5.41, 5.74) is 0.958. The summed E-state index contributed by atoms with van der Waals surface area (Å²) in [6.07, 6.45) is 1.75. The Bertz CT molecular complexity index is 559. The Labute approximate surface area is 122 Å². The lowest BCUT2D eigenvalue weighted by molar-refractivity contribution is -0.134. The molecular formula is C15H18N2O4. The number of benzene rings is 1. The molecule has 0 aromatic heterocycles. The highest BCUT2D eigenvalue weighted by molar-refractivity contribution is 6.00. The van der Waals surface area contributed by atoms with Gasteiger partial charge in [0.25, 0.3) is 0 Å². The quantitative estimate of drug-likeness (QED) is 0.803. The number of para-hydroxylation sites is 1. The molecule has 1 atom stereocenters. The first kappa shape index (κ1) is 13.9. The van der Waals surface area contributed by atoms with Crippen LogP contribution in [0.1, 0.15) is 24.8 Å². The molecule has 2 aliphatic heterocycles. The predicted molar refractivity (Wildman–Crippen MR) is 75.1 cm³/mol. The van der Waals surface area contributed by atoms with Crippen molar-refractivity contribution >= 4 is 11.8 Å². The van der Waals surface area contributed by atoms with Crippen LogP contribution in [-0.2, 0) is 16.1 Å². The highest BCUT2D eigenvalue weighted by Gasteiger charge is 2.26. The first-order chi connectivity index (χ1) is 10.2. The molecule has 2 amide bonds. The van der Waals surface area contributed by atoms with Gasteiger partial charge in [0.15, 0.2) is 11.5 Å². The predicted octanol–water partition coefficient (Wildman–Crippen LogP) is 0.743. The highest BCUT2D eigenvalue weighted by atomic mass is 16.5. The Morgan fingerprint density at radius 1 is 1.24 bits per heavy atom. The van der Waals surface area contributed by atoms with E-state index in [4.69, 9.17) is 9.47 Å². The van der Waals surface area contributed by atoms with Gasteiger partial charge in [-0.3, -0.25) is 14.9 Å². The molecule has 3 rings (SSSR count). The molecule has 1 unspecified atom stereocenters. The van der Waals surface area contributed by atoms with Crippen LogP contribution in [0.25, 0.3) is 0 Å². The number of piperidine rings is 1. The first-order valence-corrected chi connectivity index (χ1v) is 7.18. The molecule has 6 heteroatoms. The molecule has 6 nitrogen and oxygen atoms in total. The molecule has 21 heavy (non-hydrogen) atoms. The van der Waals surface area contributed by atoms with Crippen molar-refractivity contribution in [2.45, 2.75) is 31.8 Å². The van der Waals surface area contributed by atoms with Crippen molar-refractivity contribution in [3.8, 4) is 11.5 Å². The number of hydrogen-bond donors (Lipinski definition) is 2. The molecule has 0 bridgehead atoms. The zero-order valence-corrected chi connectivity index (χ0v) is 11.7. The minimum Gasteiger partial charge on any atom is -0.490 e. The van der Waals surface area contributed by atoms with Crippen LogP contribution in [0.15, 0.2) is 18.2 Å². The SMILES string of the molecule is O=C1CCC(NCc2cccc3c2OCCCO3)C(=O)N1. The summed E-state index contributed by atoms with van der Waals surface area (Å²) in [5, 5.41) is 5.52. The van der Waals surface area contributed by atoms with E-state index in [1.807, 2.05) is 18.2 Å². The van der Waals surface area contributed by atoms with E-state index in [0.29, 0.717) is 32.6 Å². The number of carbonyl (C=O) groups excluding carboxylic acids is 2. The van der Waals surface area contributed by atoms with Crippen LogP contribution in [-0.4, -0.2) is 31.1 Å². The smallest absolute Gasteiger partial charge is 0.243 e. The molecule has 0 aliphatic carbocycles. The van der Waals surface area contributed by atoms with Gasteiger partial charge in [-0.25, -0.2) is 0 Å². The maximum atomic E-state index is 11.7. The second kappa shape index (κ2) is 6.13. The standard InChI is InChI=1S/C15H18N2O4/c18-13-6-5-11(15(19)17-13)16-9-10-3-1-4-12-14(10)21-8-2-7-20-12/h1,3-4,11,16H,2,5-9H2,(H,17,18,19). The summed E-state index contributed by atoms with van der Waals surface area (Å²) < 4.78 is 11.4. The zero-order chi connectivity index (χ0) is 14.7. The van der Waals surface area contributed by atoms with Crippen LogP contribution in [0.3, 0.4) is 0 Å². The second-order valence-electron chi connectivity index (χ2n) is 5.18. The number of nitrogens with one attached hydrogen (secondary N) is 2. The lowest BCUT2D eigenvalue weighted by Crippen LogP contribution is -2.50. The summed E-state index contributed by atoms with van der Waals surface area (Å²) in [4.78, 5) is 22.8. The molecule has 1 fully saturated rings. The van der Waals surface area contributed by atoms with E-state index in [-0.39, 0.29) is 17.9 Å². The lowest BCUT2D eigenvalue weighted by Gasteiger charge is -2.22. The maximum Gasteiger partial charge on any atom is 0.243 e. The zero-order valence-electron chi connectivity index (χ0n) is 11.7.